The molecule has 0 bridgehead atoms. The lowest BCUT2D eigenvalue weighted by Gasteiger charge is -2.22. The van der Waals surface area contributed by atoms with E-state index in [1.807, 2.05) is 12.1 Å². The molecule has 146 valence electrons. The highest BCUT2D eigenvalue weighted by atomic mass is 32.2. The van der Waals surface area contributed by atoms with Gasteiger partial charge < -0.3 is 5.32 Å². The number of aryl methyl sites for hydroxylation is 1. The molecular formula is C21H25N5OS. The Morgan fingerprint density at radius 1 is 1.11 bits per heavy atom. The van der Waals surface area contributed by atoms with Crippen molar-refractivity contribution < 1.29 is 4.79 Å². The second kappa shape index (κ2) is 8.73. The molecule has 1 N–H and O–H groups in total. The Hall–Kier alpha value is -2.41. The maximum absolute atomic E-state index is 12.3. The average molecular weight is 396 g/mol. The van der Waals surface area contributed by atoms with E-state index in [-0.39, 0.29) is 5.91 Å². The summed E-state index contributed by atoms with van der Waals surface area (Å²) in [5, 5.41) is 16.9. The van der Waals surface area contributed by atoms with E-state index in [1.165, 1.54) is 36.6 Å². The van der Waals surface area contributed by atoms with Crippen LogP contribution in [0.2, 0.25) is 0 Å². The van der Waals surface area contributed by atoms with E-state index in [0.29, 0.717) is 22.6 Å². The summed E-state index contributed by atoms with van der Waals surface area (Å²) in [5.41, 5.74) is 3.90. The predicted molar refractivity (Wildman–Crippen MR) is 111 cm³/mol. The molecule has 0 unspecified atom stereocenters. The Kier molecular flexibility index (Phi) is 5.90. The Morgan fingerprint density at radius 3 is 2.64 bits per heavy atom. The van der Waals surface area contributed by atoms with Gasteiger partial charge >= 0.3 is 0 Å². The van der Waals surface area contributed by atoms with E-state index >= 15 is 0 Å². The van der Waals surface area contributed by atoms with Gasteiger partial charge in [0.2, 0.25) is 11.1 Å². The number of benzene rings is 1. The third-order valence-electron chi connectivity index (χ3n) is 5.19. The van der Waals surface area contributed by atoms with E-state index in [9.17, 15) is 4.79 Å². The lowest BCUT2D eigenvalue weighted by Crippen LogP contribution is -2.37. The zero-order valence-corrected chi connectivity index (χ0v) is 16.9. The zero-order chi connectivity index (χ0) is 19.3. The first-order valence-corrected chi connectivity index (χ1v) is 11.0. The van der Waals surface area contributed by atoms with Crippen LogP contribution in [0.3, 0.4) is 0 Å². The van der Waals surface area contributed by atoms with E-state index < -0.39 is 0 Å². The highest BCUT2D eigenvalue weighted by molar-refractivity contribution is 7.99. The summed E-state index contributed by atoms with van der Waals surface area (Å²) < 4.78 is 1.72. The number of hydrogen-bond donors (Lipinski definition) is 1. The summed E-state index contributed by atoms with van der Waals surface area (Å²) in [6, 6.07) is 12.6. The molecule has 1 aliphatic rings. The second-order valence-electron chi connectivity index (χ2n) is 7.21. The van der Waals surface area contributed by atoms with Gasteiger partial charge in [0.1, 0.15) is 0 Å². The molecule has 1 amide bonds. The minimum Gasteiger partial charge on any atom is -0.353 e. The molecule has 1 saturated carbocycles. The molecule has 0 saturated heterocycles. The van der Waals surface area contributed by atoms with Crippen LogP contribution < -0.4 is 5.32 Å². The number of aromatic nitrogens is 4. The van der Waals surface area contributed by atoms with Crippen LogP contribution in [0.4, 0.5) is 0 Å². The second-order valence-corrected chi connectivity index (χ2v) is 8.16. The standard InChI is InChI=1S/C21H25N5OS/c1-2-15-8-10-16(11-9-15)18-12-13-19-23-24-21(26(19)25-18)28-14-20(27)22-17-6-4-3-5-7-17/h8-13,17H,2-7,14H2,1H3,(H,22,27). The summed E-state index contributed by atoms with van der Waals surface area (Å²) in [5.74, 6) is 0.383. The van der Waals surface area contributed by atoms with Crippen molar-refractivity contribution in [3.8, 4) is 11.3 Å². The average Bonchev–Trinajstić information content (AvgIpc) is 3.15. The summed E-state index contributed by atoms with van der Waals surface area (Å²) in [6.07, 6.45) is 6.89. The van der Waals surface area contributed by atoms with Gasteiger partial charge in [-0.05, 0) is 37.0 Å². The lowest BCUT2D eigenvalue weighted by atomic mass is 9.95. The third-order valence-corrected chi connectivity index (χ3v) is 6.11. The van der Waals surface area contributed by atoms with Crippen molar-refractivity contribution in [1.82, 2.24) is 25.1 Å². The largest absolute Gasteiger partial charge is 0.353 e. The number of nitrogens with zero attached hydrogens (tertiary/aromatic N) is 4. The number of amides is 1. The molecule has 1 fully saturated rings. The van der Waals surface area contributed by atoms with E-state index in [0.717, 1.165) is 30.5 Å². The molecule has 6 nitrogen and oxygen atoms in total. The molecule has 4 rings (SSSR count). The van der Waals surface area contributed by atoms with Crippen molar-refractivity contribution >= 4 is 23.3 Å². The monoisotopic (exact) mass is 395 g/mol. The molecule has 1 aliphatic carbocycles. The van der Waals surface area contributed by atoms with Crippen LogP contribution in [0, 0.1) is 0 Å². The van der Waals surface area contributed by atoms with Gasteiger partial charge in [0, 0.05) is 11.6 Å². The summed E-state index contributed by atoms with van der Waals surface area (Å²) in [4.78, 5) is 12.3. The first-order valence-electron chi connectivity index (χ1n) is 9.97. The molecule has 0 spiro atoms. The van der Waals surface area contributed by atoms with Crippen LogP contribution in [0.5, 0.6) is 0 Å². The van der Waals surface area contributed by atoms with Crippen molar-refractivity contribution in [2.45, 2.75) is 56.6 Å². The molecule has 0 radical (unpaired) electrons. The molecule has 2 aromatic heterocycles. The molecule has 1 aromatic carbocycles. The van der Waals surface area contributed by atoms with Gasteiger partial charge in [0.15, 0.2) is 5.65 Å². The summed E-state index contributed by atoms with van der Waals surface area (Å²) >= 11 is 1.38. The predicted octanol–water partition coefficient (Wildman–Crippen LogP) is 3.89. The quantitative estimate of drug-likeness (QED) is 0.641. The van der Waals surface area contributed by atoms with Crippen molar-refractivity contribution in [3.05, 3.63) is 42.0 Å². The topological polar surface area (TPSA) is 72.2 Å². The van der Waals surface area contributed by atoms with Gasteiger partial charge in [-0.1, -0.05) is 62.2 Å². The molecule has 0 aliphatic heterocycles. The number of fused-ring (bicyclic) bond motifs is 1. The SMILES string of the molecule is CCc1ccc(-c2ccc3nnc(SCC(=O)NC4CCCCC4)n3n2)cc1. The lowest BCUT2D eigenvalue weighted by molar-refractivity contribution is -0.119. The Balaban J connectivity index is 1.45. The van der Waals surface area contributed by atoms with Crippen molar-refractivity contribution in [2.75, 3.05) is 5.75 Å². The van der Waals surface area contributed by atoms with Gasteiger partial charge in [0.25, 0.3) is 0 Å². The van der Waals surface area contributed by atoms with Gasteiger partial charge in [0.05, 0.1) is 11.4 Å². The van der Waals surface area contributed by atoms with Crippen LogP contribution in [-0.2, 0) is 11.2 Å². The van der Waals surface area contributed by atoms with Crippen LogP contribution in [0.25, 0.3) is 16.9 Å². The van der Waals surface area contributed by atoms with Crippen LogP contribution in [0.15, 0.2) is 41.6 Å². The molecule has 0 atom stereocenters. The van der Waals surface area contributed by atoms with Crippen molar-refractivity contribution in [3.63, 3.8) is 0 Å². The van der Waals surface area contributed by atoms with Gasteiger partial charge in [-0.2, -0.15) is 9.61 Å². The maximum Gasteiger partial charge on any atom is 0.230 e. The van der Waals surface area contributed by atoms with Gasteiger partial charge in [-0.15, -0.1) is 10.2 Å². The van der Waals surface area contributed by atoms with Crippen LogP contribution in [0.1, 0.15) is 44.6 Å². The van der Waals surface area contributed by atoms with E-state index in [4.69, 9.17) is 5.10 Å². The summed E-state index contributed by atoms with van der Waals surface area (Å²) in [7, 11) is 0. The highest BCUT2D eigenvalue weighted by Gasteiger charge is 2.17. The normalized spacial score (nSPS) is 15.0. The van der Waals surface area contributed by atoms with Crippen LogP contribution >= 0.6 is 11.8 Å². The van der Waals surface area contributed by atoms with Crippen molar-refractivity contribution in [2.24, 2.45) is 0 Å². The Bertz CT molecular complexity index is 947. The Morgan fingerprint density at radius 2 is 1.89 bits per heavy atom. The third kappa shape index (κ3) is 4.35. The highest BCUT2D eigenvalue weighted by Crippen LogP contribution is 2.22. The smallest absolute Gasteiger partial charge is 0.230 e. The zero-order valence-electron chi connectivity index (χ0n) is 16.1. The molecule has 3 aromatic rings. The first-order chi connectivity index (χ1) is 13.7. The molecule has 7 heteroatoms. The number of rotatable bonds is 6. The maximum atomic E-state index is 12.3. The fourth-order valence-corrected chi connectivity index (χ4v) is 4.27. The fourth-order valence-electron chi connectivity index (χ4n) is 3.57. The first kappa shape index (κ1) is 18.9. The Labute approximate surface area is 169 Å². The van der Waals surface area contributed by atoms with Gasteiger partial charge in [-0.25, -0.2) is 0 Å². The van der Waals surface area contributed by atoms with E-state index in [2.05, 4.69) is 46.7 Å². The minimum absolute atomic E-state index is 0.0555. The number of thioether (sulfide) groups is 1. The van der Waals surface area contributed by atoms with Gasteiger partial charge in [-0.3, -0.25) is 4.79 Å². The van der Waals surface area contributed by atoms with Crippen molar-refractivity contribution in [1.29, 1.82) is 0 Å². The summed E-state index contributed by atoms with van der Waals surface area (Å²) in [6.45, 7) is 2.14. The number of carbonyl (C=O) groups excluding carboxylic acids is 1. The number of carbonyl (C=O) groups is 1. The number of nitrogens with one attached hydrogen (secondary N) is 1. The van der Waals surface area contributed by atoms with Crippen LogP contribution in [-0.4, -0.2) is 37.5 Å². The number of hydrogen-bond acceptors (Lipinski definition) is 5. The molecule has 28 heavy (non-hydrogen) atoms. The minimum atomic E-state index is 0.0555. The molecule has 2 heterocycles. The van der Waals surface area contributed by atoms with E-state index in [1.54, 1.807) is 4.52 Å². The fraction of sp³-hybridized carbons (Fsp3) is 0.429. The molecular weight excluding hydrogens is 370 g/mol.